The van der Waals surface area contributed by atoms with Gasteiger partial charge in [0.2, 0.25) is 0 Å². The molecule has 76 valence electrons. The third kappa shape index (κ3) is 2.60. The Morgan fingerprint density at radius 1 is 1.64 bits per heavy atom. The minimum absolute atomic E-state index is 0.231. The molecule has 0 aliphatic carbocycles. The van der Waals surface area contributed by atoms with Crippen LogP contribution in [0.4, 0.5) is 8.78 Å². The van der Waals surface area contributed by atoms with Crippen molar-refractivity contribution in [3.8, 4) is 0 Å². The lowest BCUT2D eigenvalue weighted by Gasteiger charge is -2.06. The molecule has 0 fully saturated rings. The molecule has 2 nitrogen and oxygen atoms in total. The summed E-state index contributed by atoms with van der Waals surface area (Å²) in [4.78, 5) is 14.4. The Labute approximate surface area is 105 Å². The molecule has 7 heteroatoms. The van der Waals surface area contributed by atoms with Crippen molar-refractivity contribution >= 4 is 55.4 Å². The summed E-state index contributed by atoms with van der Waals surface area (Å²) in [7, 11) is 0. The molecule has 1 heterocycles. The SMILES string of the molecule is O=C(Cl)c1c(I)cc(Br)nc1C(F)F. The second-order valence-corrected chi connectivity index (χ2v) is 4.58. The summed E-state index contributed by atoms with van der Waals surface area (Å²) in [6.07, 6.45) is -2.82. The van der Waals surface area contributed by atoms with Gasteiger partial charge in [0.05, 0.1) is 5.56 Å². The van der Waals surface area contributed by atoms with Crippen molar-refractivity contribution in [3.05, 3.63) is 25.5 Å². The van der Waals surface area contributed by atoms with Crippen molar-refractivity contribution in [2.45, 2.75) is 6.43 Å². The fraction of sp³-hybridized carbons (Fsp3) is 0.143. The van der Waals surface area contributed by atoms with Gasteiger partial charge in [0.1, 0.15) is 10.3 Å². The predicted molar refractivity (Wildman–Crippen MR) is 59.8 cm³/mol. The molecule has 0 bridgehead atoms. The van der Waals surface area contributed by atoms with Crippen molar-refractivity contribution in [2.75, 3.05) is 0 Å². The molecular formula is C7H2BrClF2INO. The number of rotatable bonds is 2. The van der Waals surface area contributed by atoms with Gasteiger partial charge in [-0.05, 0) is 56.2 Å². The number of carbonyl (C=O) groups is 1. The van der Waals surface area contributed by atoms with E-state index >= 15 is 0 Å². The smallest absolute Gasteiger partial charge is 0.275 e. The Morgan fingerprint density at radius 3 is 2.64 bits per heavy atom. The average Bonchev–Trinajstić information content (AvgIpc) is 2.01. The Morgan fingerprint density at radius 2 is 2.21 bits per heavy atom. The summed E-state index contributed by atoms with van der Waals surface area (Å²) >= 11 is 9.89. The number of halogens is 5. The number of pyridine rings is 1. The Bertz CT molecular complexity index is 388. The van der Waals surface area contributed by atoms with Gasteiger partial charge in [-0.1, -0.05) is 0 Å². The van der Waals surface area contributed by atoms with Crippen LogP contribution >= 0.6 is 50.1 Å². The van der Waals surface area contributed by atoms with Crippen LogP contribution in [0.2, 0.25) is 0 Å². The second kappa shape index (κ2) is 4.80. The molecule has 0 unspecified atom stereocenters. The van der Waals surface area contributed by atoms with E-state index in [1.165, 1.54) is 6.07 Å². The first-order chi connectivity index (χ1) is 6.43. The zero-order valence-corrected chi connectivity index (χ0v) is 10.9. The zero-order chi connectivity index (χ0) is 10.9. The fourth-order valence-electron chi connectivity index (χ4n) is 0.855. The summed E-state index contributed by atoms with van der Waals surface area (Å²) in [6.45, 7) is 0. The van der Waals surface area contributed by atoms with Crippen LogP contribution in [0.1, 0.15) is 22.5 Å². The first-order valence-electron chi connectivity index (χ1n) is 3.27. The summed E-state index contributed by atoms with van der Waals surface area (Å²) in [6, 6.07) is 1.45. The normalized spacial score (nSPS) is 10.7. The molecule has 0 N–H and O–H groups in total. The molecule has 0 saturated heterocycles. The maximum absolute atomic E-state index is 12.5. The zero-order valence-electron chi connectivity index (χ0n) is 6.40. The van der Waals surface area contributed by atoms with Crippen LogP contribution in [0.5, 0.6) is 0 Å². The van der Waals surface area contributed by atoms with Gasteiger partial charge in [-0.15, -0.1) is 0 Å². The minimum atomic E-state index is -2.82. The third-order valence-electron chi connectivity index (χ3n) is 1.37. The highest BCUT2D eigenvalue weighted by Gasteiger charge is 2.22. The number of hydrogen-bond acceptors (Lipinski definition) is 2. The topological polar surface area (TPSA) is 30.0 Å². The minimum Gasteiger partial charge on any atom is -0.275 e. The highest BCUT2D eigenvalue weighted by Crippen LogP contribution is 2.28. The molecule has 1 aromatic rings. The molecule has 14 heavy (non-hydrogen) atoms. The molecular weight excluding hydrogens is 394 g/mol. The Balaban J connectivity index is 3.44. The number of hydrogen-bond donors (Lipinski definition) is 0. The van der Waals surface area contributed by atoms with Crippen molar-refractivity contribution < 1.29 is 13.6 Å². The fourth-order valence-corrected chi connectivity index (χ4v) is 2.88. The van der Waals surface area contributed by atoms with Crippen LogP contribution in [-0.4, -0.2) is 10.2 Å². The molecule has 0 amide bonds. The second-order valence-electron chi connectivity index (χ2n) is 2.26. The van der Waals surface area contributed by atoms with E-state index in [4.69, 9.17) is 11.6 Å². The van der Waals surface area contributed by atoms with E-state index in [1.807, 2.05) is 0 Å². The van der Waals surface area contributed by atoms with Gasteiger partial charge in [0, 0.05) is 3.57 Å². The Hall–Kier alpha value is 0.180. The van der Waals surface area contributed by atoms with Crippen LogP contribution < -0.4 is 0 Å². The number of alkyl halides is 2. The van der Waals surface area contributed by atoms with Gasteiger partial charge >= 0.3 is 0 Å². The summed E-state index contributed by atoms with van der Waals surface area (Å²) < 4.78 is 25.5. The van der Waals surface area contributed by atoms with Gasteiger partial charge in [-0.3, -0.25) is 4.79 Å². The predicted octanol–water partition coefficient (Wildman–Crippen LogP) is 3.77. The van der Waals surface area contributed by atoms with Gasteiger partial charge in [-0.25, -0.2) is 13.8 Å². The van der Waals surface area contributed by atoms with E-state index in [2.05, 4.69) is 20.9 Å². The molecule has 0 saturated carbocycles. The van der Waals surface area contributed by atoms with Crippen molar-refractivity contribution in [1.82, 2.24) is 4.98 Å². The highest BCUT2D eigenvalue weighted by atomic mass is 127. The van der Waals surface area contributed by atoms with Gasteiger partial charge in [0.25, 0.3) is 11.7 Å². The standard InChI is InChI=1S/C7H2BrClF2INO/c8-3-1-2(12)4(6(9)14)5(13-3)7(10)11/h1,7H. The summed E-state index contributed by atoms with van der Waals surface area (Å²) in [5.74, 6) is 0. The van der Waals surface area contributed by atoms with Crippen molar-refractivity contribution in [2.24, 2.45) is 0 Å². The van der Waals surface area contributed by atoms with Crippen LogP contribution in [-0.2, 0) is 0 Å². The van der Waals surface area contributed by atoms with Gasteiger partial charge in [-0.2, -0.15) is 0 Å². The molecule has 0 aliphatic rings. The van der Waals surface area contributed by atoms with Crippen molar-refractivity contribution in [1.29, 1.82) is 0 Å². The number of aromatic nitrogens is 1. The number of nitrogens with zero attached hydrogens (tertiary/aromatic N) is 1. The van der Waals surface area contributed by atoms with E-state index in [0.717, 1.165) is 0 Å². The third-order valence-corrected chi connectivity index (χ3v) is 2.82. The molecule has 0 radical (unpaired) electrons. The lowest BCUT2D eigenvalue weighted by Crippen LogP contribution is -2.05. The Kier molecular flexibility index (Phi) is 4.20. The van der Waals surface area contributed by atoms with Crippen LogP contribution in [0, 0.1) is 3.57 Å². The molecule has 0 spiro atoms. The van der Waals surface area contributed by atoms with E-state index in [9.17, 15) is 13.6 Å². The van der Waals surface area contributed by atoms with E-state index in [0.29, 0.717) is 3.57 Å². The molecule has 1 aromatic heterocycles. The molecule has 0 aliphatic heterocycles. The van der Waals surface area contributed by atoms with E-state index in [-0.39, 0.29) is 10.2 Å². The lowest BCUT2D eigenvalue weighted by molar-refractivity contribution is 0.106. The van der Waals surface area contributed by atoms with Crippen LogP contribution in [0.3, 0.4) is 0 Å². The van der Waals surface area contributed by atoms with E-state index < -0.39 is 17.4 Å². The number of carbonyl (C=O) groups excluding carboxylic acids is 1. The first-order valence-corrected chi connectivity index (χ1v) is 5.52. The maximum atomic E-state index is 12.5. The molecule has 1 rings (SSSR count). The van der Waals surface area contributed by atoms with Crippen LogP contribution in [0.15, 0.2) is 10.7 Å². The van der Waals surface area contributed by atoms with Crippen molar-refractivity contribution in [3.63, 3.8) is 0 Å². The quantitative estimate of drug-likeness (QED) is 0.433. The van der Waals surface area contributed by atoms with E-state index in [1.54, 1.807) is 22.6 Å². The first kappa shape index (κ1) is 12.3. The maximum Gasteiger partial charge on any atom is 0.281 e. The highest BCUT2D eigenvalue weighted by molar-refractivity contribution is 14.1. The average molecular weight is 396 g/mol. The lowest BCUT2D eigenvalue weighted by atomic mass is 10.2. The molecule has 0 aromatic carbocycles. The van der Waals surface area contributed by atoms with Crippen LogP contribution in [0.25, 0.3) is 0 Å². The molecule has 0 atom stereocenters. The largest absolute Gasteiger partial charge is 0.281 e. The van der Waals surface area contributed by atoms with Gasteiger partial charge in [0.15, 0.2) is 0 Å². The van der Waals surface area contributed by atoms with Gasteiger partial charge < -0.3 is 0 Å². The summed E-state index contributed by atoms with van der Waals surface area (Å²) in [5, 5.41) is -0.926. The monoisotopic (exact) mass is 395 g/mol. The summed E-state index contributed by atoms with van der Waals surface area (Å²) in [5.41, 5.74) is -0.825.